The molecule has 3 aromatic carbocycles. The number of amides is 1. The lowest BCUT2D eigenvalue weighted by atomic mass is 9.73. The van der Waals surface area contributed by atoms with Crippen molar-refractivity contribution in [2.24, 2.45) is 5.92 Å². The molecule has 2 saturated heterocycles. The molecule has 0 bridgehead atoms. The van der Waals surface area contributed by atoms with Gasteiger partial charge in [0.1, 0.15) is 11.4 Å². The monoisotopic (exact) mass is 593 g/mol. The van der Waals surface area contributed by atoms with Crippen molar-refractivity contribution in [2.75, 3.05) is 18.5 Å². The van der Waals surface area contributed by atoms with Gasteiger partial charge in [-0.1, -0.05) is 53.5 Å². The minimum Gasteiger partial charge on any atom is -0.462 e. The van der Waals surface area contributed by atoms with E-state index in [0.717, 1.165) is 36.9 Å². The summed E-state index contributed by atoms with van der Waals surface area (Å²) in [5, 5.41) is 7.46. The van der Waals surface area contributed by atoms with Crippen LogP contribution in [0.5, 0.6) is 0 Å². The molecular formula is C32H30Cl2FN3O3. The zero-order valence-electron chi connectivity index (χ0n) is 22.5. The maximum Gasteiger partial charge on any atom is 0.338 e. The van der Waals surface area contributed by atoms with Crippen molar-refractivity contribution in [3.8, 4) is 0 Å². The summed E-state index contributed by atoms with van der Waals surface area (Å²) in [4.78, 5) is 28.8. The molecule has 0 radical (unpaired) electrons. The third-order valence-corrected chi connectivity index (χ3v) is 9.75. The maximum atomic E-state index is 15.9. The highest BCUT2D eigenvalue weighted by atomic mass is 35.5. The molecule has 0 unspecified atom stereocenters. The summed E-state index contributed by atoms with van der Waals surface area (Å²) < 4.78 is 21.1. The third kappa shape index (κ3) is 4.20. The molecule has 3 fully saturated rings. The van der Waals surface area contributed by atoms with Crippen LogP contribution in [0.4, 0.5) is 10.1 Å². The van der Waals surface area contributed by atoms with Gasteiger partial charge in [-0.15, -0.1) is 0 Å². The molecule has 3 aliphatic heterocycles. The van der Waals surface area contributed by atoms with Gasteiger partial charge in [-0.05, 0) is 73.6 Å². The van der Waals surface area contributed by atoms with Crippen molar-refractivity contribution in [1.82, 2.24) is 10.2 Å². The van der Waals surface area contributed by atoms with E-state index in [1.807, 2.05) is 18.2 Å². The number of ether oxygens (including phenoxy) is 1. The van der Waals surface area contributed by atoms with E-state index in [2.05, 4.69) is 15.5 Å². The number of esters is 1. The highest BCUT2D eigenvalue weighted by Gasteiger charge is 2.69. The van der Waals surface area contributed by atoms with Crippen LogP contribution in [0.3, 0.4) is 0 Å². The standard InChI is InChI=1S/C32H30Cl2FN3O3/c1-2-41-30(39)19-10-8-18(9-11-19)24-15-26-29(36-24)27(21-4-3-5-23(34)28(21)35)32(38(26)16-17-6-7-17)22-13-12-20(33)14-25(22)37-31(32)40/h3-5,8-14,17,24,26-27,29,36H,2,6-7,15-16H2,1H3,(H,37,40)/t24-,26+,27+,29-,32-/m1/s1. The number of rotatable bonds is 6. The topological polar surface area (TPSA) is 70.7 Å². The molecule has 9 heteroatoms. The predicted octanol–water partition coefficient (Wildman–Crippen LogP) is 6.44. The number of carbonyl (C=O) groups excluding carboxylic acids is 2. The first-order chi connectivity index (χ1) is 19.8. The number of nitrogens with one attached hydrogen (secondary N) is 2. The van der Waals surface area contributed by atoms with Gasteiger partial charge in [0.25, 0.3) is 0 Å². The van der Waals surface area contributed by atoms with Crippen molar-refractivity contribution in [2.45, 2.75) is 55.8 Å². The van der Waals surface area contributed by atoms with E-state index in [9.17, 15) is 9.59 Å². The molecule has 1 amide bonds. The number of likely N-dealkylation sites (tertiary alicyclic amines) is 1. The van der Waals surface area contributed by atoms with Crippen LogP contribution in [0.2, 0.25) is 10.0 Å². The molecule has 5 atom stereocenters. The quantitative estimate of drug-likeness (QED) is 0.322. The lowest BCUT2D eigenvalue weighted by Gasteiger charge is -2.41. The number of benzene rings is 3. The van der Waals surface area contributed by atoms with Crippen molar-refractivity contribution in [3.63, 3.8) is 0 Å². The Morgan fingerprint density at radius 2 is 1.90 bits per heavy atom. The fourth-order valence-corrected chi connectivity index (χ4v) is 7.71. The minimum absolute atomic E-state index is 0.0358. The average Bonchev–Trinajstić information content (AvgIpc) is 3.53. The van der Waals surface area contributed by atoms with E-state index in [-0.39, 0.29) is 35.0 Å². The second-order valence-corrected chi connectivity index (χ2v) is 12.4. The Morgan fingerprint density at radius 1 is 1.12 bits per heavy atom. The molecule has 0 aromatic heterocycles. The molecule has 4 aliphatic rings. The van der Waals surface area contributed by atoms with Gasteiger partial charge < -0.3 is 15.4 Å². The summed E-state index contributed by atoms with van der Waals surface area (Å²) in [7, 11) is 0. The Kier molecular flexibility index (Phi) is 6.62. The number of carbonyl (C=O) groups is 2. The van der Waals surface area contributed by atoms with Crippen LogP contribution in [0.1, 0.15) is 65.2 Å². The predicted molar refractivity (Wildman–Crippen MR) is 156 cm³/mol. The SMILES string of the molecule is CCOC(=O)c1ccc([C@H]2C[C@H]3[C@@H](N2)[C@H](c2cccc(Cl)c2F)[C@]2(C(=O)Nc4cc(Cl)ccc42)N3CC2CC2)cc1. The van der Waals surface area contributed by atoms with Crippen molar-refractivity contribution in [3.05, 3.63) is 98.8 Å². The van der Waals surface area contributed by atoms with Crippen molar-refractivity contribution >= 4 is 40.8 Å². The van der Waals surface area contributed by atoms with Gasteiger partial charge in [0.15, 0.2) is 0 Å². The van der Waals surface area contributed by atoms with E-state index < -0.39 is 17.3 Å². The first-order valence-corrected chi connectivity index (χ1v) is 14.9. The number of fused-ring (bicyclic) bond motifs is 3. The van der Waals surface area contributed by atoms with Crippen LogP contribution < -0.4 is 10.6 Å². The highest BCUT2D eigenvalue weighted by molar-refractivity contribution is 6.31. The molecule has 1 saturated carbocycles. The lowest BCUT2D eigenvalue weighted by molar-refractivity contribution is -0.128. The Bertz CT molecular complexity index is 1550. The largest absolute Gasteiger partial charge is 0.462 e. The Hall–Kier alpha value is -2.97. The van der Waals surface area contributed by atoms with E-state index in [0.29, 0.717) is 34.4 Å². The fraction of sp³-hybridized carbons (Fsp3) is 0.375. The van der Waals surface area contributed by atoms with Crippen LogP contribution >= 0.6 is 23.2 Å². The van der Waals surface area contributed by atoms with Gasteiger partial charge >= 0.3 is 5.97 Å². The minimum atomic E-state index is -1.12. The fourth-order valence-electron chi connectivity index (χ4n) is 7.36. The summed E-state index contributed by atoms with van der Waals surface area (Å²) >= 11 is 12.7. The first kappa shape index (κ1) is 26.9. The Labute approximate surface area is 248 Å². The normalized spacial score (nSPS) is 28.5. The molecule has 212 valence electrons. The number of nitrogens with zero attached hydrogens (tertiary/aromatic N) is 1. The zero-order chi connectivity index (χ0) is 28.5. The number of hydrogen-bond donors (Lipinski definition) is 2. The van der Waals surface area contributed by atoms with E-state index in [4.69, 9.17) is 27.9 Å². The van der Waals surface area contributed by atoms with Gasteiger partial charge in [-0.3, -0.25) is 9.69 Å². The van der Waals surface area contributed by atoms with Gasteiger partial charge in [0, 0.05) is 46.9 Å². The van der Waals surface area contributed by atoms with Crippen molar-refractivity contribution < 1.29 is 18.7 Å². The van der Waals surface area contributed by atoms with Crippen LogP contribution in [-0.2, 0) is 15.1 Å². The molecular weight excluding hydrogens is 564 g/mol. The molecule has 7 rings (SSSR count). The molecule has 2 N–H and O–H groups in total. The zero-order valence-corrected chi connectivity index (χ0v) is 24.0. The smallest absolute Gasteiger partial charge is 0.338 e. The molecule has 6 nitrogen and oxygen atoms in total. The molecule has 3 heterocycles. The summed E-state index contributed by atoms with van der Waals surface area (Å²) in [5.74, 6) is -1.06. The second-order valence-electron chi connectivity index (χ2n) is 11.5. The summed E-state index contributed by atoms with van der Waals surface area (Å²) in [6, 6.07) is 17.7. The Morgan fingerprint density at radius 3 is 2.63 bits per heavy atom. The average molecular weight is 595 g/mol. The Balaban J connectivity index is 1.35. The van der Waals surface area contributed by atoms with E-state index in [1.165, 1.54) is 0 Å². The lowest BCUT2D eigenvalue weighted by Crippen LogP contribution is -2.53. The van der Waals surface area contributed by atoms with E-state index >= 15 is 4.39 Å². The van der Waals surface area contributed by atoms with Gasteiger partial charge in [-0.25, -0.2) is 9.18 Å². The third-order valence-electron chi connectivity index (χ3n) is 9.23. The summed E-state index contributed by atoms with van der Waals surface area (Å²) in [6.07, 6.45) is 2.95. The van der Waals surface area contributed by atoms with Crippen LogP contribution in [0.15, 0.2) is 60.7 Å². The van der Waals surface area contributed by atoms with Gasteiger partial charge in [0.05, 0.1) is 17.2 Å². The highest BCUT2D eigenvalue weighted by Crippen LogP contribution is 2.61. The molecule has 3 aromatic rings. The number of halogens is 3. The summed E-state index contributed by atoms with van der Waals surface area (Å²) in [6.45, 7) is 2.84. The molecule has 1 aliphatic carbocycles. The van der Waals surface area contributed by atoms with Gasteiger partial charge in [0.2, 0.25) is 5.91 Å². The van der Waals surface area contributed by atoms with Crippen molar-refractivity contribution in [1.29, 1.82) is 0 Å². The van der Waals surface area contributed by atoms with E-state index in [1.54, 1.807) is 49.4 Å². The van der Waals surface area contributed by atoms with Crippen LogP contribution in [0.25, 0.3) is 0 Å². The summed E-state index contributed by atoms with van der Waals surface area (Å²) in [5.41, 5.74) is 2.33. The number of hydrogen-bond acceptors (Lipinski definition) is 5. The van der Waals surface area contributed by atoms with Gasteiger partial charge in [-0.2, -0.15) is 0 Å². The maximum absolute atomic E-state index is 15.9. The molecule has 1 spiro atoms. The molecule has 41 heavy (non-hydrogen) atoms. The van der Waals surface area contributed by atoms with Crippen LogP contribution in [0, 0.1) is 11.7 Å². The van der Waals surface area contributed by atoms with Crippen LogP contribution in [-0.4, -0.2) is 42.0 Å². The number of anilines is 1. The second kappa shape index (κ2) is 10.1. The first-order valence-electron chi connectivity index (χ1n) is 14.2.